The Hall–Kier alpha value is -1.63. The van der Waals surface area contributed by atoms with Crippen LogP contribution in [0, 0.1) is 0 Å². The highest BCUT2D eigenvalue weighted by Crippen LogP contribution is 2.16. The van der Waals surface area contributed by atoms with E-state index in [0.29, 0.717) is 24.1 Å². The maximum Gasteiger partial charge on any atom is 0.253 e. The Kier molecular flexibility index (Phi) is 5.17. The van der Waals surface area contributed by atoms with Crippen LogP contribution in [0.4, 0.5) is 5.69 Å². The number of nitrogens with one attached hydrogen (secondary N) is 2. The number of carbonyl (C=O) groups is 1. The second kappa shape index (κ2) is 6.89. The number of rotatable bonds is 5. The Labute approximate surface area is 125 Å². The summed E-state index contributed by atoms with van der Waals surface area (Å²) in [4.78, 5) is 16.3. The van der Waals surface area contributed by atoms with Crippen molar-refractivity contribution in [3.05, 3.63) is 24.0 Å². The van der Waals surface area contributed by atoms with Crippen molar-refractivity contribution < 1.29 is 13.2 Å². The first kappa shape index (κ1) is 15.8. The maximum atomic E-state index is 12.3. The molecule has 0 saturated carbocycles. The summed E-state index contributed by atoms with van der Waals surface area (Å²) >= 11 is 0. The Bertz CT molecular complexity index is 601. The Morgan fingerprint density at radius 2 is 2.29 bits per heavy atom. The van der Waals surface area contributed by atoms with Crippen LogP contribution in [0.1, 0.15) is 36.5 Å². The molecular weight excluding hydrogens is 290 g/mol. The number of carbonyl (C=O) groups excluding carboxylic acids is 1. The molecule has 21 heavy (non-hydrogen) atoms. The number of anilines is 1. The third-order valence-electron chi connectivity index (χ3n) is 3.43. The van der Waals surface area contributed by atoms with Crippen molar-refractivity contribution in [1.82, 2.24) is 10.3 Å². The smallest absolute Gasteiger partial charge is 0.253 e. The van der Waals surface area contributed by atoms with E-state index in [9.17, 15) is 13.2 Å². The standard InChI is InChI=1S/C14H21N3O3S/c1-2-6-16-13-9-15-7-5-12(13)14(18)17-11-4-3-8-21(19,20)10-11/h5,7,9,11,16H,2-4,6,8,10H2,1H3,(H,17,18). The van der Waals surface area contributed by atoms with E-state index < -0.39 is 9.84 Å². The lowest BCUT2D eigenvalue weighted by Crippen LogP contribution is -2.43. The number of pyridine rings is 1. The number of aromatic nitrogens is 1. The van der Waals surface area contributed by atoms with Gasteiger partial charge >= 0.3 is 0 Å². The summed E-state index contributed by atoms with van der Waals surface area (Å²) in [5.41, 5.74) is 1.18. The fraction of sp³-hybridized carbons (Fsp3) is 0.571. The van der Waals surface area contributed by atoms with Crippen LogP contribution in [-0.2, 0) is 9.84 Å². The average molecular weight is 311 g/mol. The van der Waals surface area contributed by atoms with Crippen molar-refractivity contribution in [3.8, 4) is 0 Å². The van der Waals surface area contributed by atoms with Crippen LogP contribution in [0.2, 0.25) is 0 Å². The topological polar surface area (TPSA) is 88.2 Å². The summed E-state index contributed by atoms with van der Waals surface area (Å²) in [5, 5.41) is 5.98. The molecule has 1 atom stereocenters. The summed E-state index contributed by atoms with van der Waals surface area (Å²) in [6.45, 7) is 2.79. The second-order valence-electron chi connectivity index (χ2n) is 5.28. The zero-order valence-corrected chi connectivity index (χ0v) is 12.9. The Balaban J connectivity index is 2.06. The number of sulfone groups is 1. The highest BCUT2D eigenvalue weighted by Gasteiger charge is 2.26. The van der Waals surface area contributed by atoms with Crippen molar-refractivity contribution in [1.29, 1.82) is 0 Å². The van der Waals surface area contributed by atoms with Crippen LogP contribution in [0.3, 0.4) is 0 Å². The van der Waals surface area contributed by atoms with Gasteiger partial charge in [0.1, 0.15) is 0 Å². The van der Waals surface area contributed by atoms with Gasteiger partial charge in [-0.05, 0) is 25.3 Å². The molecule has 1 fully saturated rings. The molecule has 1 amide bonds. The highest BCUT2D eigenvalue weighted by molar-refractivity contribution is 7.91. The van der Waals surface area contributed by atoms with Gasteiger partial charge in [0.25, 0.3) is 5.91 Å². The van der Waals surface area contributed by atoms with Gasteiger partial charge in [-0.1, -0.05) is 6.92 Å². The third kappa shape index (κ3) is 4.42. The molecule has 2 heterocycles. The van der Waals surface area contributed by atoms with Crippen LogP contribution in [0.15, 0.2) is 18.5 Å². The predicted octanol–water partition coefficient (Wildman–Crippen LogP) is 1.21. The molecule has 0 radical (unpaired) electrons. The first-order valence-electron chi connectivity index (χ1n) is 7.21. The molecule has 2 rings (SSSR count). The summed E-state index contributed by atoms with van der Waals surface area (Å²) in [5.74, 6) is -0.00227. The molecule has 1 unspecified atom stereocenters. The molecule has 0 spiro atoms. The van der Waals surface area contributed by atoms with Crippen LogP contribution in [0.5, 0.6) is 0 Å². The molecule has 0 bridgehead atoms. The van der Waals surface area contributed by atoms with Gasteiger partial charge < -0.3 is 10.6 Å². The molecular formula is C14H21N3O3S. The Morgan fingerprint density at radius 3 is 3.00 bits per heavy atom. The van der Waals surface area contributed by atoms with Gasteiger partial charge in [0.05, 0.1) is 29.0 Å². The van der Waals surface area contributed by atoms with E-state index >= 15 is 0 Å². The van der Waals surface area contributed by atoms with Crippen LogP contribution in [-0.4, -0.2) is 43.4 Å². The van der Waals surface area contributed by atoms with Crippen LogP contribution >= 0.6 is 0 Å². The lowest BCUT2D eigenvalue weighted by molar-refractivity contribution is 0.0939. The predicted molar refractivity (Wildman–Crippen MR) is 82.2 cm³/mol. The fourth-order valence-electron chi connectivity index (χ4n) is 2.39. The SMILES string of the molecule is CCCNc1cnccc1C(=O)NC1CCCS(=O)(=O)C1. The second-order valence-corrected chi connectivity index (χ2v) is 7.50. The number of hydrogen-bond donors (Lipinski definition) is 2. The first-order chi connectivity index (χ1) is 10.0. The lowest BCUT2D eigenvalue weighted by atomic mass is 10.1. The molecule has 1 aliphatic heterocycles. The van der Waals surface area contributed by atoms with E-state index in [-0.39, 0.29) is 23.5 Å². The number of amides is 1. The van der Waals surface area contributed by atoms with E-state index in [0.717, 1.165) is 13.0 Å². The first-order valence-corrected chi connectivity index (χ1v) is 9.03. The van der Waals surface area contributed by atoms with Gasteiger partial charge in [-0.15, -0.1) is 0 Å². The molecule has 1 saturated heterocycles. The summed E-state index contributed by atoms with van der Waals surface area (Å²) < 4.78 is 23.2. The van der Waals surface area contributed by atoms with Crippen molar-refractivity contribution in [2.75, 3.05) is 23.4 Å². The molecule has 6 nitrogen and oxygen atoms in total. The van der Waals surface area contributed by atoms with Gasteiger partial charge in [0.2, 0.25) is 0 Å². The van der Waals surface area contributed by atoms with E-state index in [4.69, 9.17) is 0 Å². The molecule has 0 aliphatic carbocycles. The van der Waals surface area contributed by atoms with Crippen LogP contribution < -0.4 is 10.6 Å². The monoisotopic (exact) mass is 311 g/mol. The van der Waals surface area contributed by atoms with Crippen molar-refractivity contribution in [2.24, 2.45) is 0 Å². The minimum atomic E-state index is -3.03. The van der Waals surface area contributed by atoms with Crippen molar-refractivity contribution >= 4 is 21.4 Å². The largest absolute Gasteiger partial charge is 0.383 e. The molecule has 1 aliphatic rings. The van der Waals surface area contributed by atoms with Gasteiger partial charge in [0.15, 0.2) is 9.84 Å². The van der Waals surface area contributed by atoms with E-state index in [1.807, 2.05) is 6.92 Å². The number of hydrogen-bond acceptors (Lipinski definition) is 5. The molecule has 1 aromatic heterocycles. The minimum absolute atomic E-state index is 0.0293. The Morgan fingerprint density at radius 1 is 1.48 bits per heavy atom. The zero-order valence-electron chi connectivity index (χ0n) is 12.1. The van der Waals surface area contributed by atoms with Gasteiger partial charge in [-0.3, -0.25) is 9.78 Å². The quantitative estimate of drug-likeness (QED) is 0.853. The molecule has 2 N–H and O–H groups in total. The van der Waals surface area contributed by atoms with E-state index in [2.05, 4.69) is 15.6 Å². The maximum absolute atomic E-state index is 12.3. The summed E-state index contributed by atoms with van der Waals surface area (Å²) in [6, 6.07) is 1.34. The van der Waals surface area contributed by atoms with Gasteiger partial charge in [-0.2, -0.15) is 0 Å². The van der Waals surface area contributed by atoms with E-state index in [1.165, 1.54) is 0 Å². The van der Waals surface area contributed by atoms with Crippen LogP contribution in [0.25, 0.3) is 0 Å². The van der Waals surface area contributed by atoms with Gasteiger partial charge in [-0.25, -0.2) is 8.42 Å². The van der Waals surface area contributed by atoms with Crippen molar-refractivity contribution in [3.63, 3.8) is 0 Å². The molecule has 7 heteroatoms. The zero-order chi connectivity index (χ0) is 15.3. The third-order valence-corrected chi connectivity index (χ3v) is 5.25. The molecule has 0 aromatic carbocycles. The summed E-state index contributed by atoms with van der Waals surface area (Å²) in [7, 11) is -3.03. The summed E-state index contributed by atoms with van der Waals surface area (Å²) in [6.07, 6.45) is 5.42. The van der Waals surface area contributed by atoms with Gasteiger partial charge in [0, 0.05) is 18.8 Å². The highest BCUT2D eigenvalue weighted by atomic mass is 32.2. The molecule has 116 valence electrons. The molecule has 1 aromatic rings. The minimum Gasteiger partial charge on any atom is -0.383 e. The average Bonchev–Trinajstić information content (AvgIpc) is 2.44. The lowest BCUT2D eigenvalue weighted by Gasteiger charge is -2.23. The number of nitrogens with zero attached hydrogens (tertiary/aromatic N) is 1. The van der Waals surface area contributed by atoms with Crippen molar-refractivity contribution in [2.45, 2.75) is 32.2 Å². The fourth-order valence-corrected chi connectivity index (χ4v) is 4.03. The van der Waals surface area contributed by atoms with E-state index in [1.54, 1.807) is 18.5 Å². The normalized spacial score (nSPS) is 20.7.